The van der Waals surface area contributed by atoms with E-state index in [0.717, 1.165) is 12.2 Å². The molecule has 136 valence electrons. The lowest BCUT2D eigenvalue weighted by atomic mass is 10.1. The fraction of sp³-hybridized carbons (Fsp3) is 0.882. The molecule has 1 N–H and O–H groups in total. The number of carbonyl (C=O) groups is 1. The first-order chi connectivity index (χ1) is 10.9. The molecule has 23 heavy (non-hydrogen) atoms. The fourth-order valence-electron chi connectivity index (χ4n) is 2.25. The van der Waals surface area contributed by atoms with E-state index < -0.39 is 10.7 Å². The average Bonchev–Trinajstić information content (AvgIpc) is 2.50. The van der Waals surface area contributed by atoms with Crippen LogP contribution in [0.1, 0.15) is 78.1 Å². The van der Waals surface area contributed by atoms with Crippen LogP contribution in [0.3, 0.4) is 0 Å². The molecule has 0 heterocycles. The summed E-state index contributed by atoms with van der Waals surface area (Å²) in [5.74, 6) is 0.624. The third-order valence-corrected chi connectivity index (χ3v) is 7.18. The van der Waals surface area contributed by atoms with Crippen molar-refractivity contribution in [1.82, 2.24) is 0 Å². The molecule has 0 rings (SSSR count). The molecule has 0 aromatic rings. The summed E-state index contributed by atoms with van der Waals surface area (Å²) < 4.78 is -0.256. The summed E-state index contributed by atoms with van der Waals surface area (Å²) in [5.41, 5.74) is 0. The van der Waals surface area contributed by atoms with Gasteiger partial charge in [-0.05, 0) is 19.1 Å². The lowest BCUT2D eigenvalue weighted by molar-refractivity contribution is -0.138. The molecule has 0 spiro atoms. The molecule has 0 aromatic carbocycles. The average molecular weight is 397 g/mol. The third-order valence-electron chi connectivity index (χ3n) is 3.84. The highest BCUT2D eigenvalue weighted by Gasteiger charge is 2.33. The molecule has 0 radical (unpaired) electrons. The van der Waals surface area contributed by atoms with Gasteiger partial charge in [0.2, 0.25) is 0 Å². The molecular formula is C17H32O2S4. The molecule has 0 saturated heterocycles. The number of carboxylic acids is 1. The van der Waals surface area contributed by atoms with Crippen LogP contribution in [0.25, 0.3) is 0 Å². The zero-order valence-electron chi connectivity index (χ0n) is 14.5. The van der Waals surface area contributed by atoms with Gasteiger partial charge in [0.25, 0.3) is 0 Å². The van der Waals surface area contributed by atoms with Crippen LogP contribution < -0.4 is 0 Å². The molecule has 6 heteroatoms. The van der Waals surface area contributed by atoms with Gasteiger partial charge in [0.05, 0.1) is 0 Å². The smallest absolute Gasteiger partial charge is 0.320 e. The van der Waals surface area contributed by atoms with Crippen LogP contribution in [0.2, 0.25) is 0 Å². The summed E-state index contributed by atoms with van der Waals surface area (Å²) in [6.45, 7) is 4.04. The van der Waals surface area contributed by atoms with Crippen molar-refractivity contribution in [2.75, 3.05) is 11.5 Å². The normalized spacial score (nSPS) is 13.7. The zero-order valence-corrected chi connectivity index (χ0v) is 17.9. The van der Waals surface area contributed by atoms with Crippen molar-refractivity contribution in [2.45, 2.75) is 82.8 Å². The lowest BCUT2D eigenvalue weighted by Gasteiger charge is -2.23. The Hall–Kier alpha value is 0.610. The molecule has 2 nitrogen and oxygen atoms in total. The maximum absolute atomic E-state index is 11.4. The quantitative estimate of drug-likeness (QED) is 0.189. The van der Waals surface area contributed by atoms with E-state index in [1.165, 1.54) is 81.3 Å². The summed E-state index contributed by atoms with van der Waals surface area (Å²) in [4.78, 5) is 11.4. The van der Waals surface area contributed by atoms with Crippen molar-refractivity contribution < 1.29 is 9.90 Å². The van der Waals surface area contributed by atoms with Crippen LogP contribution in [0.15, 0.2) is 0 Å². The predicted octanol–water partition coefficient (Wildman–Crippen LogP) is 6.43. The number of aliphatic carboxylic acids is 1. The van der Waals surface area contributed by atoms with Crippen LogP contribution in [0.4, 0.5) is 0 Å². The standard InChI is InChI=1S/C17H32O2S4/c1-3-4-5-6-7-8-9-10-11-12-13-23-17(2,15(18)19)14-22-16(20)21/h3-14H2,1-2H3,(H,18,19)(H,20,21). The molecule has 0 bridgehead atoms. The van der Waals surface area contributed by atoms with Crippen molar-refractivity contribution in [3.63, 3.8) is 0 Å². The van der Waals surface area contributed by atoms with Gasteiger partial charge in [-0.15, -0.1) is 36.2 Å². The topological polar surface area (TPSA) is 37.3 Å². The van der Waals surface area contributed by atoms with Crippen LogP contribution in [0.5, 0.6) is 0 Å². The number of unbranched alkanes of at least 4 members (excludes halogenated alkanes) is 9. The maximum atomic E-state index is 11.4. The summed E-state index contributed by atoms with van der Waals surface area (Å²) in [5, 5.41) is 9.40. The summed E-state index contributed by atoms with van der Waals surface area (Å²) in [6, 6.07) is 0. The number of thioether (sulfide) groups is 2. The molecule has 1 atom stereocenters. The van der Waals surface area contributed by atoms with Crippen LogP contribution >= 0.6 is 48.4 Å². The number of thiocarbonyl (C=S) groups is 1. The van der Waals surface area contributed by atoms with Gasteiger partial charge in [-0.25, -0.2) is 0 Å². The first kappa shape index (κ1) is 23.6. The van der Waals surface area contributed by atoms with Crippen LogP contribution in [-0.2, 0) is 4.79 Å². The van der Waals surface area contributed by atoms with E-state index in [4.69, 9.17) is 12.2 Å². The zero-order chi connectivity index (χ0) is 17.6. The van der Waals surface area contributed by atoms with Gasteiger partial charge in [0.1, 0.15) is 8.28 Å². The fourth-order valence-corrected chi connectivity index (χ4v) is 4.58. The molecule has 0 aromatic heterocycles. The van der Waals surface area contributed by atoms with Crippen molar-refractivity contribution in [1.29, 1.82) is 0 Å². The second-order valence-corrected chi connectivity index (χ2v) is 10.4. The Morgan fingerprint density at radius 3 is 1.96 bits per heavy atom. The highest BCUT2D eigenvalue weighted by molar-refractivity contribution is 8.41. The van der Waals surface area contributed by atoms with Gasteiger partial charge in [-0.2, -0.15) is 0 Å². The summed E-state index contributed by atoms with van der Waals surface area (Å²) in [6.07, 6.45) is 13.0. The van der Waals surface area contributed by atoms with E-state index in [1.807, 2.05) is 0 Å². The van der Waals surface area contributed by atoms with Crippen LogP contribution in [0, 0.1) is 0 Å². The Bertz CT molecular complexity index is 337. The van der Waals surface area contributed by atoms with Gasteiger partial charge >= 0.3 is 5.97 Å². The van der Waals surface area contributed by atoms with Gasteiger partial charge in [-0.1, -0.05) is 76.9 Å². The van der Waals surface area contributed by atoms with Crippen LogP contribution in [-0.4, -0.2) is 30.9 Å². The van der Waals surface area contributed by atoms with Gasteiger partial charge in [0, 0.05) is 5.75 Å². The van der Waals surface area contributed by atoms with Crippen molar-refractivity contribution in [2.24, 2.45) is 0 Å². The molecule has 0 fully saturated rings. The number of hydrogen-bond acceptors (Lipinski definition) is 4. The Labute approximate surface area is 161 Å². The highest BCUT2D eigenvalue weighted by atomic mass is 32.2. The van der Waals surface area contributed by atoms with Crippen molar-refractivity contribution in [3.05, 3.63) is 0 Å². The number of rotatable bonds is 15. The van der Waals surface area contributed by atoms with Gasteiger partial charge < -0.3 is 5.11 Å². The first-order valence-electron chi connectivity index (χ1n) is 8.65. The van der Waals surface area contributed by atoms with Gasteiger partial charge in [-0.3, -0.25) is 4.79 Å². The van der Waals surface area contributed by atoms with E-state index in [2.05, 4.69) is 19.6 Å². The minimum Gasteiger partial charge on any atom is -0.480 e. The maximum Gasteiger partial charge on any atom is 0.320 e. The van der Waals surface area contributed by atoms with Gasteiger partial charge in [0.15, 0.2) is 0 Å². The second kappa shape index (κ2) is 14.9. The number of hydrogen-bond donors (Lipinski definition) is 2. The van der Waals surface area contributed by atoms with E-state index >= 15 is 0 Å². The summed E-state index contributed by atoms with van der Waals surface area (Å²) >= 11 is 11.8. The van der Waals surface area contributed by atoms with Crippen molar-refractivity contribution in [3.8, 4) is 0 Å². The summed E-state index contributed by atoms with van der Waals surface area (Å²) in [7, 11) is 0. The largest absolute Gasteiger partial charge is 0.480 e. The second-order valence-electron chi connectivity index (χ2n) is 6.12. The van der Waals surface area contributed by atoms with E-state index in [-0.39, 0.29) is 0 Å². The molecular weight excluding hydrogens is 364 g/mol. The number of carboxylic acid groups (broad SMARTS) is 1. The number of thiol groups is 1. The minimum atomic E-state index is -0.767. The van der Waals surface area contributed by atoms with E-state index in [1.54, 1.807) is 6.92 Å². The third kappa shape index (κ3) is 13.6. The molecule has 0 saturated carbocycles. The molecule has 0 amide bonds. The lowest BCUT2D eigenvalue weighted by Crippen LogP contribution is -2.35. The molecule has 0 aliphatic rings. The Balaban J connectivity index is 3.63. The monoisotopic (exact) mass is 396 g/mol. The highest BCUT2D eigenvalue weighted by Crippen LogP contribution is 2.31. The van der Waals surface area contributed by atoms with E-state index in [9.17, 15) is 9.90 Å². The molecule has 0 aliphatic heterocycles. The van der Waals surface area contributed by atoms with E-state index in [0.29, 0.717) is 9.28 Å². The first-order valence-corrected chi connectivity index (χ1v) is 11.5. The molecule has 1 unspecified atom stereocenters. The minimum absolute atomic E-state index is 0.479. The predicted molar refractivity (Wildman–Crippen MR) is 114 cm³/mol. The SMILES string of the molecule is CCCCCCCCCCCCSC(C)(CSC(=S)S)C(=O)O. The Morgan fingerprint density at radius 1 is 1.04 bits per heavy atom. The molecule has 0 aliphatic carbocycles. The van der Waals surface area contributed by atoms with Crippen molar-refractivity contribution >= 4 is 57.9 Å². The Morgan fingerprint density at radius 2 is 1.52 bits per heavy atom. The Kier molecular flexibility index (Phi) is 15.3.